The van der Waals surface area contributed by atoms with Gasteiger partial charge in [-0.25, -0.2) is 0 Å². The molecule has 0 aliphatic carbocycles. The summed E-state index contributed by atoms with van der Waals surface area (Å²) in [6.07, 6.45) is 4.23. The van der Waals surface area contributed by atoms with E-state index in [0.29, 0.717) is 17.3 Å². The molecule has 0 spiro atoms. The normalized spacial score (nSPS) is 13.2. The zero-order valence-corrected chi connectivity index (χ0v) is 17.0. The average molecular weight is 403 g/mol. The molecule has 4 rings (SSSR count). The van der Waals surface area contributed by atoms with Crippen molar-refractivity contribution in [1.29, 1.82) is 0 Å². The van der Waals surface area contributed by atoms with Crippen molar-refractivity contribution in [2.45, 2.75) is 19.8 Å². The minimum Gasteiger partial charge on any atom is -0.484 e. The van der Waals surface area contributed by atoms with Gasteiger partial charge in [0.25, 0.3) is 5.91 Å². The number of rotatable bonds is 7. The zero-order valence-electron chi connectivity index (χ0n) is 17.0. The number of hydrogen-bond acceptors (Lipinski definition) is 6. The molecule has 1 fully saturated rings. The SMILES string of the molecule is Cc1ccc(OCC(=O)Nc2ccc(Nc3cc(N4CCCC4)cnn3)cc2)cc1. The van der Waals surface area contributed by atoms with Crippen LogP contribution in [0.3, 0.4) is 0 Å². The van der Waals surface area contributed by atoms with Crippen LogP contribution in [-0.2, 0) is 4.79 Å². The van der Waals surface area contributed by atoms with Crippen LogP contribution < -0.4 is 20.3 Å². The van der Waals surface area contributed by atoms with E-state index in [9.17, 15) is 4.79 Å². The number of carbonyl (C=O) groups excluding carboxylic acids is 1. The first-order valence-corrected chi connectivity index (χ1v) is 10.1. The highest BCUT2D eigenvalue weighted by molar-refractivity contribution is 5.92. The number of amides is 1. The molecule has 7 heteroatoms. The van der Waals surface area contributed by atoms with Crippen molar-refractivity contribution in [2.75, 3.05) is 35.2 Å². The Kier molecular flexibility index (Phi) is 6.08. The molecule has 2 aromatic carbocycles. The third-order valence-electron chi connectivity index (χ3n) is 4.94. The molecule has 0 unspecified atom stereocenters. The molecule has 1 saturated heterocycles. The number of anilines is 4. The lowest BCUT2D eigenvalue weighted by Crippen LogP contribution is -2.20. The topological polar surface area (TPSA) is 79.4 Å². The molecule has 154 valence electrons. The van der Waals surface area contributed by atoms with Gasteiger partial charge in [0.05, 0.1) is 11.9 Å². The lowest BCUT2D eigenvalue weighted by molar-refractivity contribution is -0.118. The van der Waals surface area contributed by atoms with Crippen molar-refractivity contribution in [3.63, 3.8) is 0 Å². The van der Waals surface area contributed by atoms with Gasteiger partial charge >= 0.3 is 0 Å². The van der Waals surface area contributed by atoms with Crippen LogP contribution in [0.25, 0.3) is 0 Å². The Hall–Kier alpha value is -3.61. The standard InChI is InChI=1S/C23H25N5O2/c1-17-4-10-21(11-5-17)30-16-23(29)26-19-8-6-18(7-9-19)25-22-14-20(15-24-27-22)28-12-2-3-13-28/h4-11,14-15H,2-3,12-13,16H2,1H3,(H,25,27)(H,26,29). The van der Waals surface area contributed by atoms with E-state index in [2.05, 4.69) is 25.7 Å². The van der Waals surface area contributed by atoms with Gasteiger partial charge < -0.3 is 20.3 Å². The van der Waals surface area contributed by atoms with Crippen LogP contribution >= 0.6 is 0 Å². The lowest BCUT2D eigenvalue weighted by Gasteiger charge is -2.17. The summed E-state index contributed by atoms with van der Waals surface area (Å²) in [5.41, 5.74) is 3.81. The van der Waals surface area contributed by atoms with Gasteiger partial charge in [0.1, 0.15) is 5.75 Å². The summed E-state index contributed by atoms with van der Waals surface area (Å²) in [6.45, 7) is 4.09. The molecule has 1 amide bonds. The van der Waals surface area contributed by atoms with Crippen molar-refractivity contribution in [2.24, 2.45) is 0 Å². The largest absolute Gasteiger partial charge is 0.484 e. The van der Waals surface area contributed by atoms with Gasteiger partial charge in [-0.15, -0.1) is 5.10 Å². The molecule has 7 nitrogen and oxygen atoms in total. The minimum absolute atomic E-state index is 0.0397. The van der Waals surface area contributed by atoms with Crippen molar-refractivity contribution in [3.05, 3.63) is 66.4 Å². The maximum absolute atomic E-state index is 12.1. The fourth-order valence-electron chi connectivity index (χ4n) is 3.33. The summed E-state index contributed by atoms with van der Waals surface area (Å²) < 4.78 is 5.51. The van der Waals surface area contributed by atoms with Crippen LogP contribution in [0.2, 0.25) is 0 Å². The molecule has 1 aliphatic heterocycles. The van der Waals surface area contributed by atoms with Gasteiger partial charge in [-0.1, -0.05) is 17.7 Å². The summed E-state index contributed by atoms with van der Waals surface area (Å²) in [5, 5.41) is 14.4. The first kappa shape index (κ1) is 19.7. The Morgan fingerprint density at radius 3 is 2.47 bits per heavy atom. The first-order valence-electron chi connectivity index (χ1n) is 10.1. The number of nitrogens with one attached hydrogen (secondary N) is 2. The monoisotopic (exact) mass is 403 g/mol. The summed E-state index contributed by atoms with van der Waals surface area (Å²) in [5.74, 6) is 1.16. The number of hydrogen-bond donors (Lipinski definition) is 2. The number of benzene rings is 2. The molecular formula is C23H25N5O2. The summed E-state index contributed by atoms with van der Waals surface area (Å²) in [4.78, 5) is 14.4. The summed E-state index contributed by atoms with van der Waals surface area (Å²) in [7, 11) is 0. The molecule has 1 aliphatic rings. The minimum atomic E-state index is -0.208. The van der Waals surface area contributed by atoms with Crippen molar-refractivity contribution >= 4 is 28.8 Å². The van der Waals surface area contributed by atoms with E-state index in [-0.39, 0.29) is 12.5 Å². The first-order chi connectivity index (χ1) is 14.7. The molecule has 0 atom stereocenters. The number of aryl methyl sites for hydroxylation is 1. The molecule has 0 saturated carbocycles. The maximum atomic E-state index is 12.1. The Bertz CT molecular complexity index is 983. The highest BCUT2D eigenvalue weighted by Crippen LogP contribution is 2.23. The maximum Gasteiger partial charge on any atom is 0.262 e. The molecule has 0 radical (unpaired) electrons. The molecular weight excluding hydrogens is 378 g/mol. The summed E-state index contributed by atoms with van der Waals surface area (Å²) >= 11 is 0. The highest BCUT2D eigenvalue weighted by atomic mass is 16.5. The van der Waals surface area contributed by atoms with Crippen molar-refractivity contribution in [1.82, 2.24) is 10.2 Å². The summed E-state index contributed by atoms with van der Waals surface area (Å²) in [6, 6.07) is 17.1. The van der Waals surface area contributed by atoms with Crippen LogP contribution in [0.4, 0.5) is 22.9 Å². The Labute approximate surface area is 176 Å². The second-order valence-corrected chi connectivity index (χ2v) is 7.35. The smallest absolute Gasteiger partial charge is 0.262 e. The van der Waals surface area contributed by atoms with Crippen LogP contribution in [0.15, 0.2) is 60.8 Å². The predicted molar refractivity (Wildman–Crippen MR) is 119 cm³/mol. The predicted octanol–water partition coefficient (Wildman–Crippen LogP) is 4.15. The van der Waals surface area contributed by atoms with Gasteiger partial charge in [0.2, 0.25) is 0 Å². The average Bonchev–Trinajstić information content (AvgIpc) is 3.30. The zero-order chi connectivity index (χ0) is 20.8. The number of carbonyl (C=O) groups is 1. The van der Waals surface area contributed by atoms with E-state index < -0.39 is 0 Å². The Morgan fingerprint density at radius 2 is 1.73 bits per heavy atom. The number of ether oxygens (including phenoxy) is 1. The number of aromatic nitrogens is 2. The van der Waals surface area contributed by atoms with Gasteiger partial charge in [-0.05, 0) is 56.2 Å². The molecule has 2 N–H and O–H groups in total. The third-order valence-corrected chi connectivity index (χ3v) is 4.94. The van der Waals surface area contributed by atoms with E-state index in [1.807, 2.05) is 61.5 Å². The van der Waals surface area contributed by atoms with E-state index in [1.54, 1.807) is 6.20 Å². The Balaban J connectivity index is 1.30. The Morgan fingerprint density at radius 1 is 1.03 bits per heavy atom. The van der Waals surface area contributed by atoms with Crippen molar-refractivity contribution < 1.29 is 9.53 Å². The van der Waals surface area contributed by atoms with Crippen LogP contribution in [0, 0.1) is 6.92 Å². The van der Waals surface area contributed by atoms with E-state index >= 15 is 0 Å². The number of nitrogens with zero attached hydrogens (tertiary/aromatic N) is 3. The fraction of sp³-hybridized carbons (Fsp3) is 0.261. The van der Waals surface area contributed by atoms with Gasteiger partial charge in [0.15, 0.2) is 12.4 Å². The second kappa shape index (κ2) is 9.26. The molecule has 30 heavy (non-hydrogen) atoms. The van der Waals surface area contributed by atoms with Crippen LogP contribution in [0.1, 0.15) is 18.4 Å². The molecule has 0 bridgehead atoms. The molecule has 1 aromatic heterocycles. The fourth-order valence-corrected chi connectivity index (χ4v) is 3.33. The third kappa shape index (κ3) is 5.26. The molecule has 2 heterocycles. The van der Waals surface area contributed by atoms with Crippen LogP contribution in [-0.4, -0.2) is 35.8 Å². The quantitative estimate of drug-likeness (QED) is 0.617. The van der Waals surface area contributed by atoms with E-state index in [4.69, 9.17) is 4.74 Å². The van der Waals surface area contributed by atoms with Crippen LogP contribution in [0.5, 0.6) is 5.75 Å². The van der Waals surface area contributed by atoms with Crippen molar-refractivity contribution in [3.8, 4) is 5.75 Å². The second-order valence-electron chi connectivity index (χ2n) is 7.35. The lowest BCUT2D eigenvalue weighted by atomic mass is 10.2. The van der Waals surface area contributed by atoms with Gasteiger partial charge in [-0.2, -0.15) is 5.10 Å². The highest BCUT2D eigenvalue weighted by Gasteiger charge is 2.13. The van der Waals surface area contributed by atoms with Gasteiger partial charge in [0, 0.05) is 30.5 Å². The molecule has 3 aromatic rings. The van der Waals surface area contributed by atoms with E-state index in [1.165, 1.54) is 12.8 Å². The van der Waals surface area contributed by atoms with E-state index in [0.717, 1.165) is 30.0 Å². The van der Waals surface area contributed by atoms with Gasteiger partial charge in [-0.3, -0.25) is 4.79 Å².